The summed E-state index contributed by atoms with van der Waals surface area (Å²) in [6.45, 7) is 16.7. The summed E-state index contributed by atoms with van der Waals surface area (Å²) in [6, 6.07) is 10.9. The second-order valence-corrected chi connectivity index (χ2v) is 19.4. The molecule has 1 amide bonds. The summed E-state index contributed by atoms with van der Waals surface area (Å²) in [5, 5.41) is 3.10. The monoisotopic (exact) mass is 578 g/mol. The predicted molar refractivity (Wildman–Crippen MR) is 158 cm³/mol. The molecule has 0 aliphatic carbocycles. The van der Waals surface area contributed by atoms with E-state index in [0.717, 1.165) is 5.56 Å². The van der Waals surface area contributed by atoms with Crippen molar-refractivity contribution < 1.29 is 22.4 Å². The molecule has 3 rings (SSSR count). The van der Waals surface area contributed by atoms with Crippen LogP contribution in [0.25, 0.3) is 21.6 Å². The lowest BCUT2D eigenvalue weighted by Crippen LogP contribution is -2.43. The number of pyridine rings is 1. The first-order chi connectivity index (χ1) is 17.4. The zero-order valence-electron chi connectivity index (χ0n) is 23.6. The number of hydrogen-bond acceptors (Lipinski definition) is 8. The lowest BCUT2D eigenvalue weighted by Gasteiger charge is -2.36. The lowest BCUT2D eigenvalue weighted by molar-refractivity contribution is 0.0636. The third kappa shape index (κ3) is 7.75. The van der Waals surface area contributed by atoms with Gasteiger partial charge in [0.15, 0.2) is 13.4 Å². The molecule has 12 heteroatoms. The van der Waals surface area contributed by atoms with Gasteiger partial charge in [-0.1, -0.05) is 44.2 Å². The minimum atomic E-state index is -3.49. The standard InChI is InChI=1S/C26H38N4O5S2Si/c1-25(2,3)35-24(31)29-23-28-21-15-14-20(27-22(21)36-23)18-10-12-19(13-11-18)30(37(7,32)33)16-17-34-38(8,9)26(4,5)6/h10-15H,16-17H2,1-9H3,(H,28,29,31). The zero-order chi connectivity index (χ0) is 28.5. The van der Waals surface area contributed by atoms with E-state index in [2.05, 4.69) is 49.1 Å². The number of aromatic nitrogens is 2. The molecule has 0 aliphatic heterocycles. The molecular weight excluding hydrogens is 541 g/mol. The van der Waals surface area contributed by atoms with Gasteiger partial charge in [0.25, 0.3) is 0 Å². The van der Waals surface area contributed by atoms with E-state index in [1.54, 1.807) is 32.9 Å². The number of amides is 1. The molecule has 0 spiro atoms. The molecule has 38 heavy (non-hydrogen) atoms. The maximum atomic E-state index is 12.6. The molecule has 9 nitrogen and oxygen atoms in total. The number of ether oxygens (including phenoxy) is 1. The number of anilines is 2. The molecule has 2 aromatic heterocycles. The maximum absolute atomic E-state index is 12.6. The largest absolute Gasteiger partial charge is 0.444 e. The normalized spacial score (nSPS) is 13.0. The van der Waals surface area contributed by atoms with Gasteiger partial charge in [-0.25, -0.2) is 23.2 Å². The van der Waals surface area contributed by atoms with Crippen LogP contribution in [0.4, 0.5) is 15.6 Å². The number of benzene rings is 1. The molecule has 1 N–H and O–H groups in total. The number of rotatable bonds is 8. The van der Waals surface area contributed by atoms with Gasteiger partial charge in [-0.05, 0) is 63.2 Å². The summed E-state index contributed by atoms with van der Waals surface area (Å²) in [4.78, 5) is 21.8. The third-order valence-corrected chi connectivity index (χ3v) is 12.9. The van der Waals surface area contributed by atoms with Crippen LogP contribution >= 0.6 is 11.3 Å². The van der Waals surface area contributed by atoms with E-state index < -0.39 is 30.0 Å². The van der Waals surface area contributed by atoms with E-state index in [1.165, 1.54) is 21.9 Å². The highest BCUT2D eigenvalue weighted by Gasteiger charge is 2.37. The van der Waals surface area contributed by atoms with Crippen LogP contribution in [0.5, 0.6) is 0 Å². The van der Waals surface area contributed by atoms with Crippen LogP contribution in [-0.2, 0) is 19.2 Å². The van der Waals surface area contributed by atoms with E-state index in [1.807, 2.05) is 24.3 Å². The highest BCUT2D eigenvalue weighted by Crippen LogP contribution is 2.36. The molecule has 208 valence electrons. The third-order valence-electron chi connectivity index (χ3n) is 6.28. The Bertz CT molecular complexity index is 1390. The van der Waals surface area contributed by atoms with Crippen LogP contribution in [-0.4, -0.2) is 57.8 Å². The minimum absolute atomic E-state index is 0.0450. The Morgan fingerprint density at radius 2 is 1.66 bits per heavy atom. The van der Waals surface area contributed by atoms with Gasteiger partial charge in [-0.15, -0.1) is 0 Å². The maximum Gasteiger partial charge on any atom is 0.413 e. The number of thiazole rings is 1. The predicted octanol–water partition coefficient (Wildman–Crippen LogP) is 6.49. The summed E-state index contributed by atoms with van der Waals surface area (Å²) < 4.78 is 38.0. The zero-order valence-corrected chi connectivity index (χ0v) is 26.2. The molecule has 3 aromatic rings. The first-order valence-electron chi connectivity index (χ1n) is 12.4. The molecule has 0 atom stereocenters. The Kier molecular flexibility index (Phi) is 8.61. The van der Waals surface area contributed by atoms with Crippen molar-refractivity contribution in [2.45, 2.75) is 65.3 Å². The quantitative estimate of drug-likeness (QED) is 0.304. The van der Waals surface area contributed by atoms with Crippen LogP contribution in [0.15, 0.2) is 36.4 Å². The van der Waals surface area contributed by atoms with Crippen LogP contribution in [0, 0.1) is 0 Å². The Labute approximate surface area is 230 Å². The second-order valence-electron chi connectivity index (χ2n) is 11.7. The Morgan fingerprint density at radius 1 is 1.03 bits per heavy atom. The summed E-state index contributed by atoms with van der Waals surface area (Å²) in [5.74, 6) is 0. The number of nitrogens with one attached hydrogen (secondary N) is 1. The summed E-state index contributed by atoms with van der Waals surface area (Å²) in [5.41, 5.74) is 2.16. The van der Waals surface area contributed by atoms with E-state index in [4.69, 9.17) is 9.16 Å². The Morgan fingerprint density at radius 3 is 2.21 bits per heavy atom. The van der Waals surface area contributed by atoms with Crippen LogP contribution in [0.3, 0.4) is 0 Å². The molecule has 2 heterocycles. The first-order valence-corrected chi connectivity index (χ1v) is 17.9. The van der Waals surface area contributed by atoms with Gasteiger partial charge >= 0.3 is 6.09 Å². The highest BCUT2D eigenvalue weighted by atomic mass is 32.2. The Balaban J connectivity index is 1.76. The van der Waals surface area contributed by atoms with Gasteiger partial charge < -0.3 is 9.16 Å². The smallest absolute Gasteiger partial charge is 0.413 e. The molecule has 0 aliphatic rings. The van der Waals surface area contributed by atoms with Crippen molar-refractivity contribution in [3.8, 4) is 11.3 Å². The number of nitrogens with zero attached hydrogens (tertiary/aromatic N) is 3. The lowest BCUT2D eigenvalue weighted by atomic mass is 10.1. The average molecular weight is 579 g/mol. The summed E-state index contributed by atoms with van der Waals surface area (Å²) >= 11 is 1.25. The van der Waals surface area contributed by atoms with Crippen molar-refractivity contribution in [1.82, 2.24) is 9.97 Å². The Hall–Kier alpha value is -2.54. The van der Waals surface area contributed by atoms with Crippen molar-refractivity contribution in [2.24, 2.45) is 0 Å². The number of carbonyl (C=O) groups is 1. The number of hydrogen-bond donors (Lipinski definition) is 1. The number of sulfonamides is 1. The fourth-order valence-electron chi connectivity index (χ4n) is 3.31. The average Bonchev–Trinajstić information content (AvgIpc) is 3.15. The fraction of sp³-hybridized carbons (Fsp3) is 0.500. The van der Waals surface area contributed by atoms with Crippen molar-refractivity contribution in [3.63, 3.8) is 0 Å². The van der Waals surface area contributed by atoms with Gasteiger partial charge in [0, 0.05) is 5.56 Å². The molecule has 0 fully saturated rings. The van der Waals surface area contributed by atoms with Gasteiger partial charge in [-0.2, -0.15) is 0 Å². The van der Waals surface area contributed by atoms with Crippen molar-refractivity contribution in [3.05, 3.63) is 36.4 Å². The van der Waals surface area contributed by atoms with Crippen molar-refractivity contribution in [2.75, 3.05) is 29.0 Å². The fourth-order valence-corrected chi connectivity index (χ4v) is 6.08. The molecule has 0 saturated heterocycles. The van der Waals surface area contributed by atoms with Crippen LogP contribution in [0.1, 0.15) is 41.5 Å². The van der Waals surface area contributed by atoms with Crippen molar-refractivity contribution in [1.29, 1.82) is 0 Å². The summed E-state index contributed by atoms with van der Waals surface area (Å²) in [7, 11) is -5.48. The van der Waals surface area contributed by atoms with Crippen LogP contribution < -0.4 is 9.62 Å². The van der Waals surface area contributed by atoms with Gasteiger partial charge in [0.05, 0.1) is 30.8 Å². The van der Waals surface area contributed by atoms with Gasteiger partial charge in [0.1, 0.15) is 15.9 Å². The van der Waals surface area contributed by atoms with Gasteiger partial charge in [-0.3, -0.25) is 9.62 Å². The van der Waals surface area contributed by atoms with Crippen LogP contribution in [0.2, 0.25) is 18.1 Å². The van der Waals surface area contributed by atoms with Crippen molar-refractivity contribution >= 4 is 56.9 Å². The molecular formula is C26H38N4O5S2Si. The van der Waals surface area contributed by atoms with E-state index in [0.29, 0.717) is 33.5 Å². The minimum Gasteiger partial charge on any atom is -0.444 e. The SMILES string of the molecule is CC(C)(C)OC(=O)Nc1nc2ccc(-c3ccc(N(CCO[Si](C)(C)C(C)(C)C)S(C)(=O)=O)cc3)nc2s1. The van der Waals surface area contributed by atoms with Gasteiger partial charge in [0.2, 0.25) is 10.0 Å². The molecule has 0 unspecified atom stereocenters. The van der Waals surface area contributed by atoms with E-state index >= 15 is 0 Å². The first kappa shape index (κ1) is 30.0. The summed E-state index contributed by atoms with van der Waals surface area (Å²) in [6.07, 6.45) is 0.632. The second kappa shape index (κ2) is 10.9. The topological polar surface area (TPSA) is 111 Å². The highest BCUT2D eigenvalue weighted by molar-refractivity contribution is 7.92. The van der Waals surface area contributed by atoms with E-state index in [9.17, 15) is 13.2 Å². The molecule has 0 radical (unpaired) electrons. The molecule has 0 saturated carbocycles. The number of carbonyl (C=O) groups excluding carboxylic acids is 1. The molecule has 1 aromatic carbocycles. The molecule has 0 bridgehead atoms. The number of fused-ring (bicyclic) bond motifs is 1. The van der Waals surface area contributed by atoms with E-state index in [-0.39, 0.29) is 11.6 Å².